The highest BCUT2D eigenvalue weighted by Gasteiger charge is 2.12. The van der Waals surface area contributed by atoms with E-state index < -0.39 is 5.91 Å². The predicted octanol–water partition coefficient (Wildman–Crippen LogP) is 3.09. The van der Waals surface area contributed by atoms with Crippen LogP contribution < -0.4 is 10.7 Å². The molecule has 6 heteroatoms. The van der Waals surface area contributed by atoms with Crippen LogP contribution in [0.2, 0.25) is 5.02 Å². The van der Waals surface area contributed by atoms with Gasteiger partial charge in [0.05, 0.1) is 10.4 Å². The number of amides is 1. The molecule has 0 aliphatic heterocycles. The molecule has 0 aliphatic carbocycles. The number of hydrogen-bond acceptors (Lipinski definition) is 4. The van der Waals surface area contributed by atoms with E-state index in [1.54, 1.807) is 36.4 Å². The number of pyridine rings is 1. The van der Waals surface area contributed by atoms with Crippen molar-refractivity contribution in [3.63, 3.8) is 0 Å². The number of benzene rings is 1. The fraction of sp³-hybridized carbons (Fsp3) is 0. The van der Waals surface area contributed by atoms with Gasteiger partial charge in [-0.3, -0.25) is 9.59 Å². The fourth-order valence-corrected chi connectivity index (χ4v) is 1.96. The highest BCUT2D eigenvalue weighted by Crippen LogP contribution is 2.14. The standard InChI is InChI=1S/C15H9ClN2O3/c16-9-5-6-14(17-8-9)18-15(20)13-7-11(19)10-3-1-2-4-12(10)21-13/h1-8H,(H,17,18,20). The molecule has 0 saturated carbocycles. The van der Waals surface area contributed by atoms with Crippen LogP contribution in [0, 0.1) is 0 Å². The number of rotatable bonds is 2. The monoisotopic (exact) mass is 300 g/mol. The minimum Gasteiger partial charge on any atom is -0.451 e. The number of fused-ring (bicyclic) bond motifs is 1. The average Bonchev–Trinajstić information content (AvgIpc) is 2.49. The van der Waals surface area contributed by atoms with Crippen LogP contribution in [0.15, 0.2) is 57.9 Å². The Labute approximate surface area is 124 Å². The maximum absolute atomic E-state index is 12.1. The van der Waals surface area contributed by atoms with E-state index in [4.69, 9.17) is 16.0 Å². The van der Waals surface area contributed by atoms with Gasteiger partial charge in [0.1, 0.15) is 11.4 Å². The topological polar surface area (TPSA) is 72.2 Å². The molecule has 3 aromatic rings. The molecule has 21 heavy (non-hydrogen) atoms. The van der Waals surface area contributed by atoms with E-state index in [2.05, 4.69) is 10.3 Å². The summed E-state index contributed by atoms with van der Waals surface area (Å²) in [5.74, 6) is -0.302. The lowest BCUT2D eigenvalue weighted by Crippen LogP contribution is -2.15. The van der Waals surface area contributed by atoms with Crippen molar-refractivity contribution in [1.82, 2.24) is 4.98 Å². The van der Waals surface area contributed by atoms with Gasteiger partial charge in [0.15, 0.2) is 11.2 Å². The zero-order chi connectivity index (χ0) is 14.8. The van der Waals surface area contributed by atoms with Crippen molar-refractivity contribution >= 4 is 34.3 Å². The Bertz CT molecular complexity index is 872. The van der Waals surface area contributed by atoms with Crippen molar-refractivity contribution in [2.24, 2.45) is 0 Å². The summed E-state index contributed by atoms with van der Waals surface area (Å²) in [5, 5.41) is 3.43. The number of aromatic nitrogens is 1. The van der Waals surface area contributed by atoms with Gasteiger partial charge in [-0.15, -0.1) is 0 Å². The van der Waals surface area contributed by atoms with Crippen molar-refractivity contribution in [3.8, 4) is 0 Å². The van der Waals surface area contributed by atoms with Gasteiger partial charge in [-0.2, -0.15) is 0 Å². The van der Waals surface area contributed by atoms with Crippen molar-refractivity contribution < 1.29 is 9.21 Å². The molecule has 5 nitrogen and oxygen atoms in total. The third-order valence-corrected chi connectivity index (χ3v) is 3.05. The SMILES string of the molecule is O=C(Nc1ccc(Cl)cn1)c1cc(=O)c2ccccc2o1. The Morgan fingerprint density at radius 1 is 1.19 bits per heavy atom. The first-order chi connectivity index (χ1) is 10.1. The highest BCUT2D eigenvalue weighted by molar-refractivity contribution is 6.30. The summed E-state index contributed by atoms with van der Waals surface area (Å²) in [6.45, 7) is 0. The van der Waals surface area contributed by atoms with Crippen molar-refractivity contribution in [1.29, 1.82) is 0 Å². The van der Waals surface area contributed by atoms with Crippen molar-refractivity contribution in [2.75, 3.05) is 5.32 Å². The molecule has 1 N–H and O–H groups in total. The number of carbonyl (C=O) groups is 1. The Hall–Kier alpha value is -2.66. The molecule has 0 unspecified atom stereocenters. The maximum Gasteiger partial charge on any atom is 0.292 e. The number of hydrogen-bond donors (Lipinski definition) is 1. The lowest BCUT2D eigenvalue weighted by Gasteiger charge is -2.04. The zero-order valence-electron chi connectivity index (χ0n) is 10.7. The van der Waals surface area contributed by atoms with E-state index in [1.165, 1.54) is 6.20 Å². The molecular formula is C15H9ClN2O3. The molecule has 104 valence electrons. The molecule has 0 radical (unpaired) electrons. The summed E-state index contributed by atoms with van der Waals surface area (Å²) in [7, 11) is 0. The number of para-hydroxylation sites is 1. The smallest absolute Gasteiger partial charge is 0.292 e. The number of carbonyl (C=O) groups excluding carboxylic acids is 1. The van der Waals surface area contributed by atoms with Crippen LogP contribution >= 0.6 is 11.6 Å². The molecule has 0 fully saturated rings. The van der Waals surface area contributed by atoms with Gasteiger partial charge in [0.2, 0.25) is 0 Å². The largest absolute Gasteiger partial charge is 0.451 e. The summed E-state index contributed by atoms with van der Waals surface area (Å²) in [6.07, 6.45) is 1.41. The van der Waals surface area contributed by atoms with Crippen LogP contribution in [-0.4, -0.2) is 10.9 Å². The van der Waals surface area contributed by atoms with E-state index >= 15 is 0 Å². The van der Waals surface area contributed by atoms with E-state index in [-0.39, 0.29) is 11.2 Å². The minimum atomic E-state index is -0.548. The molecular weight excluding hydrogens is 292 g/mol. The summed E-state index contributed by atoms with van der Waals surface area (Å²) in [5.41, 5.74) is 0.0882. The van der Waals surface area contributed by atoms with Gasteiger partial charge < -0.3 is 9.73 Å². The van der Waals surface area contributed by atoms with Crippen molar-refractivity contribution in [3.05, 3.63) is 69.7 Å². The van der Waals surface area contributed by atoms with Gasteiger partial charge in [-0.25, -0.2) is 4.98 Å². The Morgan fingerprint density at radius 3 is 2.76 bits per heavy atom. The average molecular weight is 301 g/mol. The number of nitrogens with zero attached hydrogens (tertiary/aromatic N) is 1. The van der Waals surface area contributed by atoms with Gasteiger partial charge >= 0.3 is 0 Å². The molecule has 0 spiro atoms. The Morgan fingerprint density at radius 2 is 2.00 bits per heavy atom. The van der Waals surface area contributed by atoms with Crippen LogP contribution in [0.3, 0.4) is 0 Å². The Kier molecular flexibility index (Phi) is 3.41. The third kappa shape index (κ3) is 2.78. The van der Waals surface area contributed by atoms with E-state index in [1.807, 2.05) is 0 Å². The fourth-order valence-electron chi connectivity index (χ4n) is 1.84. The van der Waals surface area contributed by atoms with Crippen LogP contribution in [0.5, 0.6) is 0 Å². The molecule has 3 rings (SSSR count). The van der Waals surface area contributed by atoms with Gasteiger partial charge in [-0.05, 0) is 24.3 Å². The highest BCUT2D eigenvalue weighted by atomic mass is 35.5. The number of halogens is 1. The second kappa shape index (κ2) is 5.38. The van der Waals surface area contributed by atoms with E-state index in [9.17, 15) is 9.59 Å². The molecule has 0 saturated heterocycles. The summed E-state index contributed by atoms with van der Waals surface area (Å²) >= 11 is 5.72. The van der Waals surface area contributed by atoms with Crippen LogP contribution in [0.25, 0.3) is 11.0 Å². The quantitative estimate of drug-likeness (QED) is 0.789. The van der Waals surface area contributed by atoms with Crippen LogP contribution in [0.1, 0.15) is 10.6 Å². The van der Waals surface area contributed by atoms with Gasteiger partial charge in [-0.1, -0.05) is 23.7 Å². The molecule has 0 atom stereocenters. The van der Waals surface area contributed by atoms with Crippen LogP contribution in [-0.2, 0) is 0 Å². The maximum atomic E-state index is 12.1. The number of nitrogens with one attached hydrogen (secondary N) is 1. The lowest BCUT2D eigenvalue weighted by atomic mass is 10.2. The summed E-state index contributed by atoms with van der Waals surface area (Å²) in [6, 6.07) is 11.1. The predicted molar refractivity (Wildman–Crippen MR) is 79.7 cm³/mol. The minimum absolute atomic E-state index is 0.0737. The second-order valence-corrected chi connectivity index (χ2v) is 4.72. The number of anilines is 1. The van der Waals surface area contributed by atoms with Crippen LogP contribution in [0.4, 0.5) is 5.82 Å². The first-order valence-electron chi connectivity index (χ1n) is 6.09. The molecule has 2 heterocycles. The molecule has 0 aliphatic rings. The zero-order valence-corrected chi connectivity index (χ0v) is 11.4. The first-order valence-corrected chi connectivity index (χ1v) is 6.47. The van der Waals surface area contributed by atoms with Crippen molar-refractivity contribution in [2.45, 2.75) is 0 Å². The molecule has 1 amide bonds. The molecule has 0 bridgehead atoms. The molecule has 1 aromatic carbocycles. The lowest BCUT2D eigenvalue weighted by molar-refractivity contribution is 0.0997. The van der Waals surface area contributed by atoms with Gasteiger partial charge in [0, 0.05) is 12.3 Å². The van der Waals surface area contributed by atoms with E-state index in [0.717, 1.165) is 6.07 Å². The second-order valence-electron chi connectivity index (χ2n) is 4.29. The van der Waals surface area contributed by atoms with E-state index in [0.29, 0.717) is 21.8 Å². The summed E-state index contributed by atoms with van der Waals surface area (Å²) in [4.78, 5) is 28.0. The normalized spacial score (nSPS) is 10.5. The first kappa shape index (κ1) is 13.3. The Balaban J connectivity index is 1.94. The summed E-state index contributed by atoms with van der Waals surface area (Å²) < 4.78 is 5.43. The molecule has 2 aromatic heterocycles. The van der Waals surface area contributed by atoms with Gasteiger partial charge in [0.25, 0.3) is 5.91 Å². The third-order valence-electron chi connectivity index (χ3n) is 2.83.